The molecule has 182 valence electrons. The summed E-state index contributed by atoms with van der Waals surface area (Å²) in [6.45, 7) is 11.7. The van der Waals surface area contributed by atoms with Gasteiger partial charge >= 0.3 is 0 Å². The first kappa shape index (κ1) is 28.3. The van der Waals surface area contributed by atoms with Crippen molar-refractivity contribution >= 4 is 6.29 Å². The third kappa shape index (κ3) is 10.3. The average molecular weight is 465 g/mol. The smallest absolute Gasteiger partial charge is 0.247 e. The van der Waals surface area contributed by atoms with Crippen molar-refractivity contribution in [3.8, 4) is 17.2 Å². The first-order valence-electron chi connectivity index (χ1n) is 11.2. The van der Waals surface area contributed by atoms with Crippen molar-refractivity contribution in [3.05, 3.63) is 83.7 Å². The van der Waals surface area contributed by atoms with Crippen LogP contribution in [-0.2, 0) is 6.42 Å². The minimum Gasteiger partial charge on any atom is -0.497 e. The van der Waals surface area contributed by atoms with Gasteiger partial charge in [-0.25, -0.2) is 0 Å². The van der Waals surface area contributed by atoms with Crippen LogP contribution in [0, 0.1) is 6.92 Å². The molecule has 0 atom stereocenters. The predicted octanol–water partition coefficient (Wildman–Crippen LogP) is 5.98. The van der Waals surface area contributed by atoms with E-state index in [9.17, 15) is 4.79 Å². The number of allylic oxidation sites excluding steroid dienone is 2. The standard InChI is InChI=1S/C17H22N2O2.C7H7NO.C3H7N/c1-5-13(12(2)3)8-11-16-18-19-17(21-16)14-6-9-15(20-4)10-7-14;1-6-3-2-4-7(5-9)8-6;1-3-4-2/h6-7,9-10H,5,8,11H2,1-4H3;2-5H,1H3;3-4H,1H2,2H3. The zero-order valence-electron chi connectivity index (χ0n) is 21.1. The zero-order chi connectivity index (χ0) is 25.3. The van der Waals surface area contributed by atoms with Crippen LogP contribution in [0.15, 0.2) is 70.8 Å². The summed E-state index contributed by atoms with van der Waals surface area (Å²) in [6, 6.07) is 13.0. The van der Waals surface area contributed by atoms with Crippen LogP contribution in [-0.4, -0.2) is 35.6 Å². The van der Waals surface area contributed by atoms with Crippen LogP contribution in [0.4, 0.5) is 0 Å². The summed E-state index contributed by atoms with van der Waals surface area (Å²) in [5.41, 5.74) is 5.12. The van der Waals surface area contributed by atoms with Gasteiger partial charge in [0.1, 0.15) is 11.4 Å². The van der Waals surface area contributed by atoms with Crippen molar-refractivity contribution in [1.82, 2.24) is 20.5 Å². The van der Waals surface area contributed by atoms with Gasteiger partial charge in [0.05, 0.1) is 7.11 Å². The van der Waals surface area contributed by atoms with E-state index in [1.807, 2.05) is 50.4 Å². The van der Waals surface area contributed by atoms with Crippen molar-refractivity contribution in [3.63, 3.8) is 0 Å². The molecule has 7 nitrogen and oxygen atoms in total. The molecular weight excluding hydrogens is 428 g/mol. The Kier molecular flexibility index (Phi) is 13.3. The third-order valence-corrected chi connectivity index (χ3v) is 4.81. The second-order valence-electron chi connectivity index (χ2n) is 7.50. The summed E-state index contributed by atoms with van der Waals surface area (Å²) in [6.07, 6.45) is 5.20. The third-order valence-electron chi connectivity index (χ3n) is 4.81. The quantitative estimate of drug-likeness (QED) is 0.324. The van der Waals surface area contributed by atoms with Crippen LogP contribution in [0.3, 0.4) is 0 Å². The van der Waals surface area contributed by atoms with Gasteiger partial charge in [-0.15, -0.1) is 10.2 Å². The number of nitrogens with one attached hydrogen (secondary N) is 1. The SMILES string of the molecule is C=CNC.CCC(CCc1nnc(-c2ccc(OC)cc2)o1)=C(C)C.Cc1cccc(C=O)n1. The molecule has 0 aliphatic heterocycles. The first-order valence-corrected chi connectivity index (χ1v) is 11.2. The number of methoxy groups -OCH3 is 1. The number of aldehydes is 1. The number of benzene rings is 1. The molecule has 0 aliphatic carbocycles. The van der Waals surface area contributed by atoms with Crippen LogP contribution in [0.2, 0.25) is 0 Å². The molecule has 0 amide bonds. The fraction of sp³-hybridized carbons (Fsp3) is 0.333. The summed E-state index contributed by atoms with van der Waals surface area (Å²) in [5, 5.41) is 10.9. The number of ether oxygens (including phenoxy) is 1. The fourth-order valence-corrected chi connectivity index (χ4v) is 2.87. The number of carbonyl (C=O) groups excluding carboxylic acids is 1. The lowest BCUT2D eigenvalue weighted by atomic mass is 10.0. The van der Waals surface area contributed by atoms with Gasteiger partial charge in [-0.1, -0.05) is 30.7 Å². The van der Waals surface area contributed by atoms with Gasteiger partial charge in [-0.05, 0) is 76.2 Å². The summed E-state index contributed by atoms with van der Waals surface area (Å²) < 4.78 is 10.9. The van der Waals surface area contributed by atoms with Gasteiger partial charge in [0.25, 0.3) is 0 Å². The molecule has 0 aliphatic rings. The number of hydrogen-bond donors (Lipinski definition) is 1. The monoisotopic (exact) mass is 464 g/mol. The van der Waals surface area contributed by atoms with Crippen LogP contribution in [0.1, 0.15) is 55.7 Å². The zero-order valence-corrected chi connectivity index (χ0v) is 21.1. The maximum Gasteiger partial charge on any atom is 0.247 e. The van der Waals surface area contributed by atoms with E-state index in [0.29, 0.717) is 17.5 Å². The van der Waals surface area contributed by atoms with Crippen molar-refractivity contribution in [2.45, 2.75) is 47.0 Å². The average Bonchev–Trinajstić information content (AvgIpc) is 3.34. The summed E-state index contributed by atoms with van der Waals surface area (Å²) in [4.78, 5) is 14.0. The molecule has 0 radical (unpaired) electrons. The van der Waals surface area contributed by atoms with Gasteiger partial charge in [0, 0.05) is 24.7 Å². The van der Waals surface area contributed by atoms with E-state index < -0.39 is 0 Å². The molecule has 0 spiro atoms. The van der Waals surface area contributed by atoms with E-state index >= 15 is 0 Å². The Balaban J connectivity index is 0.000000366. The van der Waals surface area contributed by atoms with Crippen LogP contribution in [0.25, 0.3) is 11.5 Å². The molecule has 2 heterocycles. The molecule has 3 rings (SSSR count). The second-order valence-corrected chi connectivity index (χ2v) is 7.50. The number of nitrogens with zero attached hydrogens (tertiary/aromatic N) is 3. The molecule has 0 fully saturated rings. The van der Waals surface area contributed by atoms with Crippen molar-refractivity contribution in [1.29, 1.82) is 0 Å². The summed E-state index contributed by atoms with van der Waals surface area (Å²) in [7, 11) is 3.46. The Morgan fingerprint density at radius 3 is 2.29 bits per heavy atom. The molecular formula is C27H36N4O3. The molecule has 0 saturated heterocycles. The highest BCUT2D eigenvalue weighted by Gasteiger charge is 2.09. The lowest BCUT2D eigenvalue weighted by molar-refractivity contribution is 0.111. The topological polar surface area (TPSA) is 90.1 Å². The Bertz CT molecular complexity index is 1040. The lowest BCUT2D eigenvalue weighted by Gasteiger charge is -2.04. The van der Waals surface area contributed by atoms with Gasteiger partial charge < -0.3 is 14.5 Å². The van der Waals surface area contributed by atoms with Crippen molar-refractivity contribution < 1.29 is 13.9 Å². The normalized spacial score (nSPS) is 9.47. The van der Waals surface area contributed by atoms with Gasteiger partial charge in [-0.3, -0.25) is 9.78 Å². The summed E-state index contributed by atoms with van der Waals surface area (Å²) in [5.74, 6) is 2.06. The van der Waals surface area contributed by atoms with E-state index in [0.717, 1.165) is 42.6 Å². The minimum absolute atomic E-state index is 0.495. The number of hydrogen-bond acceptors (Lipinski definition) is 7. The highest BCUT2D eigenvalue weighted by Crippen LogP contribution is 2.22. The number of pyridine rings is 1. The number of rotatable bonds is 8. The lowest BCUT2D eigenvalue weighted by Crippen LogP contribution is -1.91. The minimum atomic E-state index is 0.495. The predicted molar refractivity (Wildman–Crippen MR) is 137 cm³/mol. The van der Waals surface area contributed by atoms with E-state index in [1.165, 1.54) is 11.1 Å². The molecule has 2 aromatic heterocycles. The van der Waals surface area contributed by atoms with E-state index in [2.05, 4.69) is 47.8 Å². The van der Waals surface area contributed by atoms with Crippen molar-refractivity contribution in [2.75, 3.05) is 14.2 Å². The van der Waals surface area contributed by atoms with E-state index in [1.54, 1.807) is 19.4 Å². The highest BCUT2D eigenvalue weighted by molar-refractivity contribution is 5.71. The van der Waals surface area contributed by atoms with Gasteiger partial charge in [0.2, 0.25) is 11.8 Å². The van der Waals surface area contributed by atoms with Crippen LogP contribution >= 0.6 is 0 Å². The Morgan fingerprint density at radius 1 is 1.15 bits per heavy atom. The Morgan fingerprint density at radius 2 is 1.82 bits per heavy atom. The number of aromatic nitrogens is 3. The molecule has 0 bridgehead atoms. The Labute approximate surface area is 203 Å². The van der Waals surface area contributed by atoms with Crippen LogP contribution < -0.4 is 10.1 Å². The molecule has 1 N–H and O–H groups in total. The first-order chi connectivity index (χ1) is 16.4. The number of aryl methyl sites for hydroxylation is 2. The van der Waals surface area contributed by atoms with E-state index in [4.69, 9.17) is 9.15 Å². The second kappa shape index (κ2) is 16.0. The maximum absolute atomic E-state index is 10.1. The molecule has 0 saturated carbocycles. The fourth-order valence-electron chi connectivity index (χ4n) is 2.87. The highest BCUT2D eigenvalue weighted by atomic mass is 16.5. The largest absolute Gasteiger partial charge is 0.497 e. The molecule has 0 unspecified atom stereocenters. The Hall–Kier alpha value is -3.74. The van der Waals surface area contributed by atoms with Crippen LogP contribution in [0.5, 0.6) is 5.75 Å². The van der Waals surface area contributed by atoms with Crippen molar-refractivity contribution in [2.24, 2.45) is 0 Å². The molecule has 7 heteroatoms. The van der Waals surface area contributed by atoms with E-state index in [-0.39, 0.29) is 0 Å². The number of carbonyl (C=O) groups is 1. The molecule has 1 aromatic carbocycles. The molecule has 3 aromatic rings. The molecule has 34 heavy (non-hydrogen) atoms. The van der Waals surface area contributed by atoms with Gasteiger partial charge in [-0.2, -0.15) is 0 Å². The van der Waals surface area contributed by atoms with Gasteiger partial charge in [0.15, 0.2) is 6.29 Å². The summed E-state index contributed by atoms with van der Waals surface area (Å²) >= 11 is 0. The maximum atomic E-state index is 10.1.